The third kappa shape index (κ3) is 2.86. The molecule has 1 amide bonds. The highest BCUT2D eigenvalue weighted by Gasteiger charge is 2.31. The molecule has 5 nitrogen and oxygen atoms in total. The summed E-state index contributed by atoms with van der Waals surface area (Å²) in [6.07, 6.45) is 4.38. The summed E-state index contributed by atoms with van der Waals surface area (Å²) in [5.74, 6) is -0.0871. The van der Waals surface area contributed by atoms with Crippen LogP contribution in [0.3, 0.4) is 0 Å². The minimum Gasteiger partial charge on any atom is -0.394 e. The molecule has 2 heterocycles. The molecule has 18 heavy (non-hydrogen) atoms. The molecule has 1 aromatic rings. The predicted molar refractivity (Wildman–Crippen MR) is 67.7 cm³/mol. The van der Waals surface area contributed by atoms with Crippen LogP contribution in [0.1, 0.15) is 18.9 Å². The Bertz CT molecular complexity index is 396. The number of rotatable bonds is 3. The maximum absolute atomic E-state index is 11.9. The monoisotopic (exact) mass is 249 g/mol. The Kier molecular flexibility index (Phi) is 4.28. The van der Waals surface area contributed by atoms with Crippen molar-refractivity contribution in [2.75, 3.05) is 13.2 Å². The lowest BCUT2D eigenvalue weighted by molar-refractivity contribution is -0.127. The lowest BCUT2D eigenvalue weighted by atomic mass is 10.1. The van der Waals surface area contributed by atoms with Crippen LogP contribution in [0.5, 0.6) is 0 Å². The second-order valence-electron chi connectivity index (χ2n) is 4.65. The molecule has 1 saturated heterocycles. The molecule has 5 heteroatoms. The molecule has 1 fully saturated rings. The van der Waals surface area contributed by atoms with Gasteiger partial charge in [0.1, 0.15) is 6.04 Å². The van der Waals surface area contributed by atoms with E-state index in [-0.39, 0.29) is 18.6 Å². The molecule has 0 aliphatic carbocycles. The first-order chi connectivity index (χ1) is 8.72. The van der Waals surface area contributed by atoms with Gasteiger partial charge in [0, 0.05) is 31.5 Å². The smallest absolute Gasteiger partial charge is 0.239 e. The Morgan fingerprint density at radius 3 is 2.89 bits per heavy atom. The number of hydrogen-bond donors (Lipinski definition) is 2. The number of amides is 1. The molecule has 0 bridgehead atoms. The van der Waals surface area contributed by atoms with Crippen molar-refractivity contribution in [2.45, 2.75) is 32.0 Å². The Morgan fingerprint density at radius 1 is 1.50 bits per heavy atom. The average molecular weight is 249 g/mol. The molecule has 1 aliphatic heterocycles. The van der Waals surface area contributed by atoms with Gasteiger partial charge in [0.05, 0.1) is 6.61 Å². The Morgan fingerprint density at radius 2 is 2.22 bits per heavy atom. The summed E-state index contributed by atoms with van der Waals surface area (Å²) in [5, 5.41) is 12.3. The van der Waals surface area contributed by atoms with Crippen LogP contribution in [0, 0.1) is 0 Å². The van der Waals surface area contributed by atoms with E-state index < -0.39 is 6.04 Å². The van der Waals surface area contributed by atoms with Crippen LogP contribution in [0.25, 0.3) is 0 Å². The Balaban J connectivity index is 2.17. The van der Waals surface area contributed by atoms with E-state index in [1.807, 2.05) is 12.1 Å². The van der Waals surface area contributed by atoms with Gasteiger partial charge in [0.2, 0.25) is 5.91 Å². The number of nitrogens with one attached hydrogen (secondary N) is 1. The van der Waals surface area contributed by atoms with Crippen molar-refractivity contribution in [2.24, 2.45) is 0 Å². The van der Waals surface area contributed by atoms with Gasteiger partial charge in [0.25, 0.3) is 0 Å². The standard InChI is InChI=1S/C13H19N3O2/c1-10-2-7-15-13(18)12(9-17)16(10)8-11-3-5-14-6-4-11/h3-6,10,12,17H,2,7-9H2,1H3,(H,15,18). The Labute approximate surface area is 107 Å². The number of nitrogens with zero attached hydrogens (tertiary/aromatic N) is 2. The fourth-order valence-electron chi connectivity index (χ4n) is 2.30. The van der Waals surface area contributed by atoms with Crippen molar-refractivity contribution < 1.29 is 9.90 Å². The molecule has 1 aromatic heterocycles. The summed E-state index contributed by atoms with van der Waals surface area (Å²) in [5.41, 5.74) is 1.10. The van der Waals surface area contributed by atoms with Gasteiger partial charge in [-0.1, -0.05) is 0 Å². The summed E-state index contributed by atoms with van der Waals surface area (Å²) < 4.78 is 0. The quantitative estimate of drug-likeness (QED) is 0.800. The van der Waals surface area contributed by atoms with E-state index in [0.29, 0.717) is 13.1 Å². The second-order valence-corrected chi connectivity index (χ2v) is 4.65. The fraction of sp³-hybridized carbons (Fsp3) is 0.538. The first-order valence-electron chi connectivity index (χ1n) is 6.25. The molecule has 0 aromatic carbocycles. The van der Waals surface area contributed by atoms with Crippen LogP contribution in [0.4, 0.5) is 0 Å². The van der Waals surface area contributed by atoms with Crippen LogP contribution in [0.15, 0.2) is 24.5 Å². The molecule has 0 spiro atoms. The molecular formula is C13H19N3O2. The van der Waals surface area contributed by atoms with Gasteiger partial charge in [-0.15, -0.1) is 0 Å². The first kappa shape index (κ1) is 13.0. The van der Waals surface area contributed by atoms with Crippen LogP contribution in [0.2, 0.25) is 0 Å². The van der Waals surface area contributed by atoms with E-state index in [2.05, 4.69) is 22.1 Å². The topological polar surface area (TPSA) is 65.5 Å². The van der Waals surface area contributed by atoms with Crippen molar-refractivity contribution in [3.05, 3.63) is 30.1 Å². The maximum Gasteiger partial charge on any atom is 0.239 e. The van der Waals surface area contributed by atoms with E-state index in [0.717, 1.165) is 12.0 Å². The second kappa shape index (κ2) is 5.93. The number of hydrogen-bond acceptors (Lipinski definition) is 4. The molecule has 1 aliphatic rings. The molecule has 2 rings (SSSR count). The fourth-order valence-corrected chi connectivity index (χ4v) is 2.30. The molecular weight excluding hydrogens is 230 g/mol. The van der Waals surface area contributed by atoms with Gasteiger partial charge >= 0.3 is 0 Å². The number of carbonyl (C=O) groups is 1. The summed E-state index contributed by atoms with van der Waals surface area (Å²) >= 11 is 0. The van der Waals surface area contributed by atoms with Crippen LogP contribution in [-0.2, 0) is 11.3 Å². The van der Waals surface area contributed by atoms with E-state index in [1.54, 1.807) is 12.4 Å². The van der Waals surface area contributed by atoms with E-state index in [1.165, 1.54) is 0 Å². The van der Waals surface area contributed by atoms with Gasteiger partial charge < -0.3 is 10.4 Å². The van der Waals surface area contributed by atoms with Crippen molar-refractivity contribution in [1.29, 1.82) is 0 Å². The predicted octanol–water partition coefficient (Wildman–Crippen LogP) is 0.153. The van der Waals surface area contributed by atoms with Crippen molar-refractivity contribution in [1.82, 2.24) is 15.2 Å². The third-order valence-electron chi connectivity index (χ3n) is 3.42. The largest absolute Gasteiger partial charge is 0.394 e. The molecule has 0 saturated carbocycles. The zero-order valence-corrected chi connectivity index (χ0v) is 10.5. The zero-order chi connectivity index (χ0) is 13.0. The molecule has 0 radical (unpaired) electrons. The van der Waals surface area contributed by atoms with E-state index in [9.17, 15) is 9.90 Å². The number of aliphatic hydroxyl groups is 1. The average Bonchev–Trinajstić information content (AvgIpc) is 2.51. The minimum absolute atomic E-state index is 0.0871. The highest BCUT2D eigenvalue weighted by Crippen LogP contribution is 2.16. The normalized spacial score (nSPS) is 25.6. The van der Waals surface area contributed by atoms with Gasteiger partial charge in [-0.05, 0) is 31.0 Å². The summed E-state index contributed by atoms with van der Waals surface area (Å²) in [4.78, 5) is 17.9. The maximum atomic E-state index is 11.9. The molecule has 2 N–H and O–H groups in total. The van der Waals surface area contributed by atoms with Crippen LogP contribution >= 0.6 is 0 Å². The number of aliphatic hydroxyl groups excluding tert-OH is 1. The molecule has 2 unspecified atom stereocenters. The van der Waals surface area contributed by atoms with Crippen molar-refractivity contribution >= 4 is 5.91 Å². The number of carbonyl (C=O) groups excluding carboxylic acids is 1. The van der Waals surface area contributed by atoms with Crippen molar-refractivity contribution in [3.63, 3.8) is 0 Å². The van der Waals surface area contributed by atoms with E-state index in [4.69, 9.17) is 0 Å². The van der Waals surface area contributed by atoms with Gasteiger partial charge in [0.15, 0.2) is 0 Å². The molecule has 2 atom stereocenters. The minimum atomic E-state index is -0.462. The number of aromatic nitrogens is 1. The van der Waals surface area contributed by atoms with Crippen molar-refractivity contribution in [3.8, 4) is 0 Å². The third-order valence-corrected chi connectivity index (χ3v) is 3.42. The van der Waals surface area contributed by atoms with Crippen LogP contribution in [-0.4, -0.2) is 46.1 Å². The SMILES string of the molecule is CC1CCNC(=O)C(CO)N1Cc1ccncc1. The van der Waals surface area contributed by atoms with Crippen LogP contribution < -0.4 is 5.32 Å². The lowest BCUT2D eigenvalue weighted by Gasteiger charge is -2.31. The zero-order valence-electron chi connectivity index (χ0n) is 10.5. The molecule has 98 valence electrons. The van der Waals surface area contributed by atoms with Gasteiger partial charge in [-0.3, -0.25) is 14.7 Å². The summed E-state index contributed by atoms with van der Waals surface area (Å²) in [7, 11) is 0. The summed E-state index contributed by atoms with van der Waals surface area (Å²) in [6, 6.07) is 3.67. The highest BCUT2D eigenvalue weighted by atomic mass is 16.3. The summed E-state index contributed by atoms with van der Waals surface area (Å²) in [6.45, 7) is 3.26. The van der Waals surface area contributed by atoms with Gasteiger partial charge in [-0.25, -0.2) is 0 Å². The van der Waals surface area contributed by atoms with Gasteiger partial charge in [-0.2, -0.15) is 0 Å². The number of pyridine rings is 1. The van der Waals surface area contributed by atoms with E-state index >= 15 is 0 Å². The highest BCUT2D eigenvalue weighted by molar-refractivity contribution is 5.82. The lowest BCUT2D eigenvalue weighted by Crippen LogP contribution is -2.48. The Hall–Kier alpha value is -1.46. The first-order valence-corrected chi connectivity index (χ1v) is 6.25.